The summed E-state index contributed by atoms with van der Waals surface area (Å²) in [4.78, 5) is 10.5. The lowest BCUT2D eigenvalue weighted by Crippen LogP contribution is -2.38. The summed E-state index contributed by atoms with van der Waals surface area (Å²) in [6, 6.07) is 8.38. The third-order valence-corrected chi connectivity index (χ3v) is 4.79. The average Bonchev–Trinajstić information content (AvgIpc) is 2.84. The maximum atomic E-state index is 4.69. The number of aromatic nitrogens is 1. The molecule has 0 atom stereocenters. The summed E-state index contributed by atoms with van der Waals surface area (Å²) < 4.78 is 0. The Balaban J connectivity index is 0.00000288. The average molecular weight is 458 g/mol. The summed E-state index contributed by atoms with van der Waals surface area (Å²) in [6.07, 6.45) is 0.978. The number of nitrogens with zero attached hydrogens (tertiary/aromatic N) is 2. The van der Waals surface area contributed by atoms with Crippen molar-refractivity contribution < 1.29 is 0 Å². The fourth-order valence-electron chi connectivity index (χ4n) is 2.39. The summed E-state index contributed by atoms with van der Waals surface area (Å²) in [5.41, 5.74) is 3.69. The zero-order valence-electron chi connectivity index (χ0n) is 14.8. The van der Waals surface area contributed by atoms with Crippen molar-refractivity contribution in [1.29, 1.82) is 0 Å². The van der Waals surface area contributed by atoms with Crippen LogP contribution in [0.25, 0.3) is 0 Å². The predicted octanol–water partition coefficient (Wildman–Crippen LogP) is 3.98. The van der Waals surface area contributed by atoms with Crippen LogP contribution < -0.4 is 10.6 Å². The second-order valence-corrected chi connectivity index (χ2v) is 6.83. The number of guanidine groups is 1. The molecule has 0 radical (unpaired) electrons. The molecule has 24 heavy (non-hydrogen) atoms. The molecule has 0 saturated heterocycles. The van der Waals surface area contributed by atoms with Gasteiger partial charge in [0.1, 0.15) is 0 Å². The number of aryl methyl sites for hydroxylation is 3. The second kappa shape index (κ2) is 10.7. The molecular weight excluding hydrogens is 431 g/mol. The van der Waals surface area contributed by atoms with Gasteiger partial charge in [-0.05, 0) is 38.8 Å². The highest BCUT2D eigenvalue weighted by Gasteiger charge is 2.05. The summed E-state index contributed by atoms with van der Waals surface area (Å²) in [7, 11) is 0. The van der Waals surface area contributed by atoms with E-state index in [0.717, 1.165) is 36.2 Å². The normalized spacial score (nSPS) is 11.1. The van der Waals surface area contributed by atoms with E-state index in [0.29, 0.717) is 6.54 Å². The van der Waals surface area contributed by atoms with Gasteiger partial charge in [0.25, 0.3) is 0 Å². The molecule has 2 rings (SSSR count). The van der Waals surface area contributed by atoms with E-state index >= 15 is 0 Å². The van der Waals surface area contributed by atoms with E-state index in [2.05, 4.69) is 72.6 Å². The lowest BCUT2D eigenvalue weighted by Gasteiger charge is -2.11. The molecule has 6 heteroatoms. The number of halogens is 1. The third-order valence-electron chi connectivity index (χ3n) is 3.66. The van der Waals surface area contributed by atoms with E-state index in [1.807, 2.05) is 0 Å². The molecule has 0 amide bonds. The Morgan fingerprint density at radius 2 is 1.92 bits per heavy atom. The smallest absolute Gasteiger partial charge is 0.191 e. The molecule has 0 aliphatic rings. The van der Waals surface area contributed by atoms with Crippen LogP contribution in [0.4, 0.5) is 0 Å². The molecule has 0 aliphatic carbocycles. The first-order valence-corrected chi connectivity index (χ1v) is 8.91. The van der Waals surface area contributed by atoms with Gasteiger partial charge in [-0.25, -0.2) is 9.98 Å². The van der Waals surface area contributed by atoms with Crippen LogP contribution >= 0.6 is 35.3 Å². The van der Waals surface area contributed by atoms with Crippen molar-refractivity contribution in [1.82, 2.24) is 15.6 Å². The van der Waals surface area contributed by atoms with Gasteiger partial charge < -0.3 is 10.6 Å². The van der Waals surface area contributed by atoms with Crippen LogP contribution in [0.3, 0.4) is 0 Å². The zero-order valence-corrected chi connectivity index (χ0v) is 18.0. The van der Waals surface area contributed by atoms with Crippen molar-refractivity contribution in [2.24, 2.45) is 4.99 Å². The summed E-state index contributed by atoms with van der Waals surface area (Å²) in [6.45, 7) is 10.8. The molecule has 4 nitrogen and oxygen atoms in total. The van der Waals surface area contributed by atoms with Crippen molar-refractivity contribution in [3.05, 3.63) is 51.0 Å². The highest BCUT2D eigenvalue weighted by atomic mass is 127. The van der Waals surface area contributed by atoms with Crippen LogP contribution in [0.2, 0.25) is 0 Å². The maximum Gasteiger partial charge on any atom is 0.191 e. The Morgan fingerprint density at radius 1 is 1.17 bits per heavy atom. The third kappa shape index (κ3) is 6.39. The van der Waals surface area contributed by atoms with Crippen LogP contribution in [-0.2, 0) is 13.0 Å². The first-order valence-electron chi connectivity index (χ1n) is 8.09. The summed E-state index contributed by atoms with van der Waals surface area (Å²) in [5.74, 6) is 0.870. The van der Waals surface area contributed by atoms with E-state index in [4.69, 9.17) is 0 Å². The number of benzene rings is 1. The maximum absolute atomic E-state index is 4.69. The van der Waals surface area contributed by atoms with E-state index in [1.165, 1.54) is 16.0 Å². The summed E-state index contributed by atoms with van der Waals surface area (Å²) in [5, 5.41) is 7.85. The minimum atomic E-state index is 0. The SMILES string of the molecule is CCNC(=NCc1ccccc1C)NCCc1sc(C)nc1C.I. The monoisotopic (exact) mass is 458 g/mol. The number of hydrogen-bond acceptors (Lipinski definition) is 3. The van der Waals surface area contributed by atoms with E-state index in [-0.39, 0.29) is 24.0 Å². The van der Waals surface area contributed by atoms with Gasteiger partial charge in [-0.3, -0.25) is 0 Å². The van der Waals surface area contributed by atoms with Gasteiger partial charge in [0.05, 0.1) is 17.2 Å². The lowest BCUT2D eigenvalue weighted by atomic mass is 10.1. The number of hydrogen-bond donors (Lipinski definition) is 2. The minimum absolute atomic E-state index is 0. The molecule has 0 saturated carbocycles. The van der Waals surface area contributed by atoms with Crippen LogP contribution in [0.5, 0.6) is 0 Å². The molecule has 2 aromatic rings. The van der Waals surface area contributed by atoms with Crippen LogP contribution in [0.15, 0.2) is 29.3 Å². The Labute approximate surface area is 166 Å². The first-order chi connectivity index (χ1) is 11.1. The van der Waals surface area contributed by atoms with E-state index < -0.39 is 0 Å². The Kier molecular flexibility index (Phi) is 9.28. The lowest BCUT2D eigenvalue weighted by molar-refractivity contribution is 0.801. The molecule has 1 aromatic heterocycles. The number of thiazole rings is 1. The van der Waals surface area contributed by atoms with Crippen LogP contribution in [0.1, 0.15) is 33.6 Å². The van der Waals surface area contributed by atoms with Gasteiger partial charge in [0.15, 0.2) is 5.96 Å². The van der Waals surface area contributed by atoms with Gasteiger partial charge >= 0.3 is 0 Å². The standard InChI is InChI=1S/C18H26N4S.HI/c1-5-19-18(21-12-16-9-7-6-8-13(16)2)20-11-10-17-14(3)22-15(4)23-17;/h6-9H,5,10-12H2,1-4H3,(H2,19,20,21);1H. The van der Waals surface area contributed by atoms with Gasteiger partial charge in [-0.1, -0.05) is 24.3 Å². The molecule has 132 valence electrons. The van der Waals surface area contributed by atoms with Crippen molar-refractivity contribution in [3.63, 3.8) is 0 Å². The Bertz CT molecular complexity index is 667. The van der Waals surface area contributed by atoms with Gasteiger partial charge in [-0.2, -0.15) is 0 Å². The molecule has 2 N–H and O–H groups in total. The Morgan fingerprint density at radius 3 is 2.54 bits per heavy atom. The molecular formula is C18H27IN4S. The van der Waals surface area contributed by atoms with Crippen molar-refractivity contribution in [3.8, 4) is 0 Å². The van der Waals surface area contributed by atoms with Crippen molar-refractivity contribution >= 4 is 41.3 Å². The molecule has 0 fully saturated rings. The van der Waals surface area contributed by atoms with Crippen molar-refractivity contribution in [2.75, 3.05) is 13.1 Å². The van der Waals surface area contributed by atoms with Crippen LogP contribution in [0, 0.1) is 20.8 Å². The fraction of sp³-hybridized carbons (Fsp3) is 0.444. The number of aliphatic imine (C=N–C) groups is 1. The van der Waals surface area contributed by atoms with Crippen LogP contribution in [-0.4, -0.2) is 24.0 Å². The van der Waals surface area contributed by atoms with Gasteiger partial charge in [0.2, 0.25) is 0 Å². The predicted molar refractivity (Wildman–Crippen MR) is 115 cm³/mol. The highest BCUT2D eigenvalue weighted by Crippen LogP contribution is 2.17. The largest absolute Gasteiger partial charge is 0.357 e. The van der Waals surface area contributed by atoms with E-state index in [9.17, 15) is 0 Å². The molecule has 1 heterocycles. The van der Waals surface area contributed by atoms with E-state index in [1.54, 1.807) is 11.3 Å². The highest BCUT2D eigenvalue weighted by molar-refractivity contribution is 14.0. The topological polar surface area (TPSA) is 49.3 Å². The van der Waals surface area contributed by atoms with Gasteiger partial charge in [-0.15, -0.1) is 35.3 Å². The quantitative estimate of drug-likeness (QED) is 0.391. The fourth-order valence-corrected chi connectivity index (χ4v) is 3.33. The first kappa shape index (κ1) is 20.9. The second-order valence-electron chi connectivity index (χ2n) is 5.54. The molecule has 0 spiro atoms. The van der Waals surface area contributed by atoms with Gasteiger partial charge in [0, 0.05) is 24.4 Å². The molecule has 0 unspecified atom stereocenters. The molecule has 0 bridgehead atoms. The minimum Gasteiger partial charge on any atom is -0.357 e. The molecule has 1 aromatic carbocycles. The molecule has 0 aliphatic heterocycles. The summed E-state index contributed by atoms with van der Waals surface area (Å²) >= 11 is 1.78. The Hall–Kier alpha value is -1.15. The number of nitrogens with one attached hydrogen (secondary N) is 2. The van der Waals surface area contributed by atoms with Crippen molar-refractivity contribution in [2.45, 2.75) is 40.7 Å². The zero-order chi connectivity index (χ0) is 16.7. The number of rotatable bonds is 6.